The summed E-state index contributed by atoms with van der Waals surface area (Å²) in [6.07, 6.45) is 17.8. The first-order valence-corrected chi connectivity index (χ1v) is 7.79. The Morgan fingerprint density at radius 3 is 2.61 bits per heavy atom. The Balaban J connectivity index is 1.83. The van der Waals surface area contributed by atoms with E-state index in [0.29, 0.717) is 6.17 Å². The van der Waals surface area contributed by atoms with Gasteiger partial charge < -0.3 is 0 Å². The topological polar surface area (TPSA) is 12.0 Å². The molecule has 2 unspecified atom stereocenters. The Morgan fingerprint density at radius 2 is 1.83 bits per heavy atom. The molecule has 0 spiro atoms. The summed E-state index contributed by atoms with van der Waals surface area (Å²) in [5, 5.41) is 3.74. The van der Waals surface area contributed by atoms with E-state index in [1.54, 1.807) is 0 Å². The third kappa shape index (κ3) is 2.06. The molecule has 1 aliphatic carbocycles. The fraction of sp³-hybridized carbons (Fsp3) is 0.750. The quantitative estimate of drug-likeness (QED) is 0.701. The maximum Gasteiger partial charge on any atom is 0.169 e. The van der Waals surface area contributed by atoms with Crippen LogP contribution in [0.15, 0.2) is 23.9 Å². The number of hydrogen-bond donors (Lipinski definition) is 1. The third-order valence-electron chi connectivity index (χ3n) is 5.23. The Labute approximate surface area is 111 Å². The van der Waals surface area contributed by atoms with Gasteiger partial charge in [0.2, 0.25) is 0 Å². The number of nitrogens with one attached hydrogen (secondary N) is 1. The van der Waals surface area contributed by atoms with Crippen LogP contribution >= 0.6 is 0 Å². The van der Waals surface area contributed by atoms with Crippen LogP contribution in [0.5, 0.6) is 0 Å². The van der Waals surface area contributed by atoms with Crippen LogP contribution in [0.2, 0.25) is 0 Å². The molecular weight excluding hydrogens is 220 g/mol. The maximum absolute atomic E-state index is 3.74. The summed E-state index contributed by atoms with van der Waals surface area (Å²) < 4.78 is 1.21. The predicted molar refractivity (Wildman–Crippen MR) is 75.9 cm³/mol. The summed E-state index contributed by atoms with van der Waals surface area (Å²) in [5.74, 6) is 0. The molecule has 2 heterocycles. The number of rotatable bonds is 1. The lowest BCUT2D eigenvalue weighted by molar-refractivity contribution is -0.913. The number of fused-ring (bicyclic) bond motifs is 1. The van der Waals surface area contributed by atoms with Crippen LogP contribution in [-0.2, 0) is 0 Å². The van der Waals surface area contributed by atoms with Crippen molar-refractivity contribution < 1.29 is 4.48 Å². The monoisotopic (exact) mass is 247 g/mol. The highest BCUT2D eigenvalue weighted by molar-refractivity contribution is 5.18. The van der Waals surface area contributed by atoms with Gasteiger partial charge in [-0.3, -0.25) is 9.80 Å². The van der Waals surface area contributed by atoms with Gasteiger partial charge in [0.1, 0.15) is 0 Å². The van der Waals surface area contributed by atoms with Crippen LogP contribution < -0.4 is 5.32 Å². The lowest BCUT2D eigenvalue weighted by atomic mass is 9.92. The van der Waals surface area contributed by atoms with Crippen molar-refractivity contribution >= 4 is 0 Å². The largest absolute Gasteiger partial charge is 0.275 e. The molecule has 18 heavy (non-hydrogen) atoms. The van der Waals surface area contributed by atoms with Gasteiger partial charge in [0.25, 0.3) is 0 Å². The molecule has 0 aromatic heterocycles. The molecule has 0 amide bonds. The molecule has 0 aromatic rings. The summed E-state index contributed by atoms with van der Waals surface area (Å²) in [6, 6.07) is 0.852. The van der Waals surface area contributed by atoms with Gasteiger partial charge >= 0.3 is 0 Å². The number of nitrogens with zero attached hydrogens (tertiary/aromatic N) is 1. The summed E-state index contributed by atoms with van der Waals surface area (Å²) in [6.45, 7) is 4.76. The second kappa shape index (κ2) is 5.18. The molecule has 100 valence electrons. The highest BCUT2D eigenvalue weighted by Gasteiger charge is 2.47. The Kier molecular flexibility index (Phi) is 3.58. The van der Waals surface area contributed by atoms with Gasteiger partial charge in [-0.25, -0.2) is 0 Å². The van der Waals surface area contributed by atoms with E-state index in [4.69, 9.17) is 0 Å². The minimum Gasteiger partial charge on any atom is -0.275 e. The second-order valence-corrected chi connectivity index (χ2v) is 6.33. The predicted octanol–water partition coefficient (Wildman–Crippen LogP) is 3.32. The molecule has 2 heteroatoms. The molecule has 1 N–H and O–H groups in total. The van der Waals surface area contributed by atoms with Gasteiger partial charge in [0, 0.05) is 5.57 Å². The van der Waals surface area contributed by atoms with Crippen molar-refractivity contribution in [3.63, 3.8) is 0 Å². The first kappa shape index (κ1) is 12.4. The molecule has 1 saturated carbocycles. The Bertz CT molecular complexity index is 350. The van der Waals surface area contributed by atoms with Crippen LogP contribution in [0.1, 0.15) is 51.9 Å². The highest BCUT2D eigenvalue weighted by atomic mass is 15.5. The molecule has 1 saturated heterocycles. The Hall–Kier alpha value is -0.600. The molecular formula is C16H27N2+. The van der Waals surface area contributed by atoms with Crippen molar-refractivity contribution in [3.8, 4) is 0 Å². The molecule has 0 radical (unpaired) electrons. The minimum absolute atomic E-state index is 0.569. The van der Waals surface area contributed by atoms with Crippen LogP contribution in [0.25, 0.3) is 0 Å². The van der Waals surface area contributed by atoms with Crippen LogP contribution in [0.4, 0.5) is 0 Å². The zero-order chi connectivity index (χ0) is 12.4. The van der Waals surface area contributed by atoms with Crippen LogP contribution in [0.3, 0.4) is 0 Å². The van der Waals surface area contributed by atoms with E-state index in [9.17, 15) is 0 Å². The van der Waals surface area contributed by atoms with E-state index >= 15 is 0 Å². The van der Waals surface area contributed by atoms with Crippen molar-refractivity contribution in [3.05, 3.63) is 23.9 Å². The van der Waals surface area contributed by atoms with Crippen molar-refractivity contribution in [2.24, 2.45) is 0 Å². The summed E-state index contributed by atoms with van der Waals surface area (Å²) in [5.41, 5.74) is 1.53. The average molecular weight is 247 g/mol. The van der Waals surface area contributed by atoms with Crippen molar-refractivity contribution in [1.29, 1.82) is 0 Å². The summed E-state index contributed by atoms with van der Waals surface area (Å²) in [4.78, 5) is 0. The van der Waals surface area contributed by atoms with Crippen molar-refractivity contribution in [2.45, 2.75) is 64.1 Å². The minimum atomic E-state index is 0.569. The second-order valence-electron chi connectivity index (χ2n) is 6.33. The normalized spacial score (nSPS) is 37.8. The summed E-state index contributed by atoms with van der Waals surface area (Å²) in [7, 11) is 0. The van der Waals surface area contributed by atoms with Gasteiger partial charge in [0.05, 0.1) is 25.3 Å². The van der Waals surface area contributed by atoms with E-state index in [2.05, 4.69) is 30.6 Å². The van der Waals surface area contributed by atoms with Crippen molar-refractivity contribution in [1.82, 2.24) is 5.32 Å². The van der Waals surface area contributed by atoms with E-state index in [-0.39, 0.29) is 0 Å². The van der Waals surface area contributed by atoms with Gasteiger partial charge in [-0.1, -0.05) is 25.3 Å². The smallest absolute Gasteiger partial charge is 0.169 e. The molecule has 2 aliphatic heterocycles. The van der Waals surface area contributed by atoms with E-state index in [1.807, 2.05) is 0 Å². The standard InChI is InChI=1S/C16H27N2/c1-14-8-7-12-18(13-11-17-16(14)18)15-9-5-3-2-4-6-10-15/h7-8,12,15-17H,2-6,9-11,13H2,1H3/q+1. The number of quaternary nitrogens is 1. The van der Waals surface area contributed by atoms with Crippen molar-refractivity contribution in [2.75, 3.05) is 13.1 Å². The molecule has 2 nitrogen and oxygen atoms in total. The van der Waals surface area contributed by atoms with Crippen LogP contribution in [-0.4, -0.2) is 29.8 Å². The first-order chi connectivity index (χ1) is 8.83. The zero-order valence-corrected chi connectivity index (χ0v) is 11.7. The lowest BCUT2D eigenvalue weighted by Crippen LogP contribution is -2.58. The third-order valence-corrected chi connectivity index (χ3v) is 5.23. The Morgan fingerprint density at radius 1 is 1.11 bits per heavy atom. The number of allylic oxidation sites excluding steroid dienone is 2. The van der Waals surface area contributed by atoms with E-state index in [0.717, 1.165) is 6.04 Å². The lowest BCUT2D eigenvalue weighted by Gasteiger charge is -2.45. The molecule has 2 atom stereocenters. The van der Waals surface area contributed by atoms with Gasteiger partial charge in [-0.15, -0.1) is 0 Å². The SMILES string of the molecule is CC1=CC=C[N+]2(C3CCCCCCC3)CCNC12. The summed E-state index contributed by atoms with van der Waals surface area (Å²) >= 11 is 0. The molecule has 2 fully saturated rings. The zero-order valence-electron chi connectivity index (χ0n) is 11.7. The van der Waals surface area contributed by atoms with Gasteiger partial charge in [-0.2, -0.15) is 0 Å². The van der Waals surface area contributed by atoms with Gasteiger partial charge in [-0.05, 0) is 38.7 Å². The fourth-order valence-electron chi connectivity index (χ4n) is 4.27. The van der Waals surface area contributed by atoms with Crippen LogP contribution in [0, 0.1) is 0 Å². The highest BCUT2D eigenvalue weighted by Crippen LogP contribution is 2.36. The van der Waals surface area contributed by atoms with E-state index < -0.39 is 0 Å². The van der Waals surface area contributed by atoms with Gasteiger partial charge in [0.15, 0.2) is 6.17 Å². The molecule has 0 bridgehead atoms. The van der Waals surface area contributed by atoms with E-state index in [1.165, 1.54) is 68.1 Å². The molecule has 0 aromatic carbocycles. The average Bonchev–Trinajstić information content (AvgIpc) is 2.74. The molecule has 3 rings (SSSR count). The molecule has 3 aliphatic rings. The maximum atomic E-state index is 3.74. The fourth-order valence-corrected chi connectivity index (χ4v) is 4.27. The number of hydrogen-bond acceptors (Lipinski definition) is 1. The first-order valence-electron chi connectivity index (χ1n) is 7.79.